The maximum atomic E-state index is 4.60. The molecular weight excluding hydrogens is 268 g/mol. The Morgan fingerprint density at radius 1 is 1.10 bits per heavy atom. The second kappa shape index (κ2) is 5.09. The van der Waals surface area contributed by atoms with Crippen LogP contribution in [-0.4, -0.2) is 24.1 Å². The molecule has 0 saturated carbocycles. The number of hydrogen-bond acceptors (Lipinski definition) is 5. The van der Waals surface area contributed by atoms with Gasteiger partial charge in [-0.3, -0.25) is 0 Å². The lowest BCUT2D eigenvalue weighted by atomic mass is 10.2. The van der Waals surface area contributed by atoms with E-state index in [4.69, 9.17) is 0 Å². The van der Waals surface area contributed by atoms with Gasteiger partial charge in [-0.1, -0.05) is 17.7 Å². The highest BCUT2D eigenvalue weighted by molar-refractivity contribution is 7.16. The van der Waals surface area contributed by atoms with E-state index in [-0.39, 0.29) is 0 Å². The second-order valence-electron chi connectivity index (χ2n) is 4.65. The van der Waals surface area contributed by atoms with Gasteiger partial charge in [0.25, 0.3) is 0 Å². The summed E-state index contributed by atoms with van der Waals surface area (Å²) in [4.78, 5) is 12.2. The molecule has 0 bridgehead atoms. The second-order valence-corrected chi connectivity index (χ2v) is 5.55. The van der Waals surface area contributed by atoms with E-state index in [0.29, 0.717) is 5.95 Å². The SMILES string of the molecule is CNc1nc(N(C)c2ccc(C)cc2)c2ccsc2n1. The molecule has 0 aliphatic rings. The molecule has 5 heteroatoms. The van der Waals surface area contributed by atoms with Crippen LogP contribution in [0.5, 0.6) is 0 Å². The number of hydrogen-bond donors (Lipinski definition) is 1. The molecule has 3 aromatic rings. The van der Waals surface area contributed by atoms with Crippen LogP contribution in [0.4, 0.5) is 17.5 Å². The Morgan fingerprint density at radius 2 is 1.85 bits per heavy atom. The molecule has 0 saturated heterocycles. The Bertz CT molecular complexity index is 733. The molecule has 1 N–H and O–H groups in total. The van der Waals surface area contributed by atoms with Crippen LogP contribution in [0.2, 0.25) is 0 Å². The molecule has 1 aromatic carbocycles. The summed E-state index contributed by atoms with van der Waals surface area (Å²) in [5, 5.41) is 6.15. The van der Waals surface area contributed by atoms with Crippen molar-refractivity contribution in [2.75, 3.05) is 24.3 Å². The average Bonchev–Trinajstić information content (AvgIpc) is 2.94. The summed E-state index contributed by atoms with van der Waals surface area (Å²) in [6, 6.07) is 10.5. The van der Waals surface area contributed by atoms with Crippen molar-refractivity contribution in [1.82, 2.24) is 9.97 Å². The van der Waals surface area contributed by atoms with Crippen LogP contribution in [-0.2, 0) is 0 Å². The molecule has 0 amide bonds. The topological polar surface area (TPSA) is 41.1 Å². The number of rotatable bonds is 3. The number of benzene rings is 1. The fourth-order valence-electron chi connectivity index (χ4n) is 2.10. The van der Waals surface area contributed by atoms with Crippen molar-refractivity contribution in [3.05, 3.63) is 41.3 Å². The van der Waals surface area contributed by atoms with Gasteiger partial charge in [-0.25, -0.2) is 4.98 Å². The lowest BCUT2D eigenvalue weighted by Crippen LogP contribution is -2.13. The first-order valence-corrected chi connectivity index (χ1v) is 7.30. The van der Waals surface area contributed by atoms with Gasteiger partial charge in [0.15, 0.2) is 0 Å². The van der Waals surface area contributed by atoms with Crippen molar-refractivity contribution in [1.29, 1.82) is 0 Å². The van der Waals surface area contributed by atoms with Gasteiger partial charge in [0.1, 0.15) is 10.6 Å². The van der Waals surface area contributed by atoms with Gasteiger partial charge >= 0.3 is 0 Å². The van der Waals surface area contributed by atoms with Gasteiger partial charge in [-0.15, -0.1) is 11.3 Å². The normalized spacial score (nSPS) is 10.8. The van der Waals surface area contributed by atoms with E-state index in [1.54, 1.807) is 11.3 Å². The minimum absolute atomic E-state index is 0.647. The summed E-state index contributed by atoms with van der Waals surface area (Å²) in [7, 11) is 3.87. The fourth-order valence-corrected chi connectivity index (χ4v) is 2.86. The summed E-state index contributed by atoms with van der Waals surface area (Å²) in [5.74, 6) is 1.57. The summed E-state index contributed by atoms with van der Waals surface area (Å²) >= 11 is 1.63. The Kier molecular flexibility index (Phi) is 3.28. The van der Waals surface area contributed by atoms with Gasteiger partial charge in [-0.2, -0.15) is 4.98 Å². The molecule has 0 fully saturated rings. The zero-order valence-electron chi connectivity index (χ0n) is 11.7. The van der Waals surface area contributed by atoms with E-state index in [1.165, 1.54) is 5.56 Å². The van der Waals surface area contributed by atoms with Crippen LogP contribution >= 0.6 is 11.3 Å². The van der Waals surface area contributed by atoms with E-state index in [0.717, 1.165) is 21.7 Å². The largest absolute Gasteiger partial charge is 0.357 e. The van der Waals surface area contributed by atoms with Gasteiger partial charge in [0, 0.05) is 19.8 Å². The number of nitrogens with one attached hydrogen (secondary N) is 1. The molecule has 0 spiro atoms. The monoisotopic (exact) mass is 284 g/mol. The van der Waals surface area contributed by atoms with Crippen molar-refractivity contribution in [3.63, 3.8) is 0 Å². The third-order valence-electron chi connectivity index (χ3n) is 3.27. The van der Waals surface area contributed by atoms with Crippen LogP contribution in [0.3, 0.4) is 0 Å². The van der Waals surface area contributed by atoms with Crippen molar-refractivity contribution in [2.45, 2.75) is 6.92 Å². The highest BCUT2D eigenvalue weighted by Gasteiger charge is 2.13. The zero-order chi connectivity index (χ0) is 14.1. The molecule has 2 aromatic heterocycles. The quantitative estimate of drug-likeness (QED) is 0.794. The van der Waals surface area contributed by atoms with E-state index >= 15 is 0 Å². The number of aryl methyl sites for hydroxylation is 1. The lowest BCUT2D eigenvalue weighted by molar-refractivity contribution is 1.11. The molecule has 0 atom stereocenters. The van der Waals surface area contributed by atoms with Gasteiger partial charge in [-0.05, 0) is 30.5 Å². The minimum Gasteiger partial charge on any atom is -0.357 e. The van der Waals surface area contributed by atoms with Crippen molar-refractivity contribution in [3.8, 4) is 0 Å². The Hall–Kier alpha value is -2.14. The third kappa shape index (κ3) is 2.20. The standard InChI is InChI=1S/C15H16N4S/c1-10-4-6-11(7-5-10)19(3)13-12-8-9-20-14(12)18-15(16-2)17-13/h4-9H,1-3H3,(H,16,17,18). The predicted octanol–water partition coefficient (Wildman–Crippen LogP) is 3.81. The van der Waals surface area contributed by atoms with Crippen LogP contribution in [0.15, 0.2) is 35.7 Å². The molecule has 102 valence electrons. The van der Waals surface area contributed by atoms with E-state index in [1.807, 2.05) is 19.5 Å². The number of anilines is 3. The van der Waals surface area contributed by atoms with E-state index in [2.05, 4.69) is 57.4 Å². The smallest absolute Gasteiger partial charge is 0.225 e. The van der Waals surface area contributed by atoms with Crippen molar-refractivity contribution >= 4 is 39.0 Å². The number of fused-ring (bicyclic) bond motifs is 1. The van der Waals surface area contributed by atoms with Crippen molar-refractivity contribution < 1.29 is 0 Å². The molecule has 3 rings (SSSR count). The van der Waals surface area contributed by atoms with Gasteiger partial charge in [0.2, 0.25) is 5.95 Å². The Balaban J connectivity index is 2.12. The molecule has 0 radical (unpaired) electrons. The fraction of sp³-hybridized carbons (Fsp3) is 0.200. The first-order chi connectivity index (χ1) is 9.69. The van der Waals surface area contributed by atoms with Crippen molar-refractivity contribution in [2.24, 2.45) is 0 Å². The summed E-state index contributed by atoms with van der Waals surface area (Å²) in [5.41, 5.74) is 2.37. The maximum absolute atomic E-state index is 4.60. The predicted molar refractivity (Wildman–Crippen MR) is 86.2 cm³/mol. The Labute approximate surface area is 122 Å². The summed E-state index contributed by atoms with van der Waals surface area (Å²) in [6.07, 6.45) is 0. The number of aromatic nitrogens is 2. The first kappa shape index (κ1) is 12.9. The number of nitrogens with zero attached hydrogens (tertiary/aromatic N) is 3. The summed E-state index contributed by atoms with van der Waals surface area (Å²) < 4.78 is 0. The van der Waals surface area contributed by atoms with Crippen LogP contribution in [0.1, 0.15) is 5.56 Å². The number of thiophene rings is 1. The molecule has 0 aliphatic carbocycles. The molecule has 0 aliphatic heterocycles. The molecule has 20 heavy (non-hydrogen) atoms. The average molecular weight is 284 g/mol. The van der Waals surface area contributed by atoms with Crippen LogP contribution < -0.4 is 10.2 Å². The van der Waals surface area contributed by atoms with Gasteiger partial charge in [0.05, 0.1) is 5.39 Å². The van der Waals surface area contributed by atoms with Crippen LogP contribution in [0, 0.1) is 6.92 Å². The molecule has 4 nitrogen and oxygen atoms in total. The van der Waals surface area contributed by atoms with Gasteiger partial charge < -0.3 is 10.2 Å². The molecule has 2 heterocycles. The molecular formula is C15H16N4S. The zero-order valence-corrected chi connectivity index (χ0v) is 12.5. The summed E-state index contributed by atoms with van der Waals surface area (Å²) in [6.45, 7) is 2.09. The maximum Gasteiger partial charge on any atom is 0.225 e. The molecule has 0 unspecified atom stereocenters. The van der Waals surface area contributed by atoms with Crippen LogP contribution in [0.25, 0.3) is 10.2 Å². The lowest BCUT2D eigenvalue weighted by Gasteiger charge is -2.20. The first-order valence-electron chi connectivity index (χ1n) is 6.42. The third-order valence-corrected chi connectivity index (χ3v) is 4.07. The van der Waals surface area contributed by atoms with E-state index < -0.39 is 0 Å². The Morgan fingerprint density at radius 3 is 2.55 bits per heavy atom. The highest BCUT2D eigenvalue weighted by Crippen LogP contribution is 2.32. The highest BCUT2D eigenvalue weighted by atomic mass is 32.1. The van der Waals surface area contributed by atoms with E-state index in [9.17, 15) is 0 Å². The minimum atomic E-state index is 0.647.